The van der Waals surface area contributed by atoms with Gasteiger partial charge >= 0.3 is 6.18 Å². The summed E-state index contributed by atoms with van der Waals surface area (Å²) in [4.78, 5) is 4.82. The zero-order chi connectivity index (χ0) is 13.2. The first-order chi connectivity index (χ1) is 8.45. The molecule has 0 fully saturated rings. The maximum absolute atomic E-state index is 12.6. The number of aromatic nitrogens is 1. The van der Waals surface area contributed by atoms with E-state index >= 15 is 0 Å². The Bertz CT molecular complexity index is 526. The van der Waals surface area contributed by atoms with E-state index in [2.05, 4.69) is 10.3 Å². The fraction of sp³-hybridized carbons (Fsp3) is 0.182. The molecule has 0 radical (unpaired) electrons. The number of benzene rings is 1. The summed E-state index contributed by atoms with van der Waals surface area (Å²) in [5, 5.41) is 2.94. The SMILES string of the molecule is FC(F)(F)c1cc(Cl)cc(NCc2cncs2)c1. The third kappa shape index (κ3) is 3.36. The number of nitrogens with one attached hydrogen (secondary N) is 1. The van der Waals surface area contributed by atoms with Crippen molar-refractivity contribution in [3.05, 3.63) is 45.4 Å². The highest BCUT2D eigenvalue weighted by Gasteiger charge is 2.31. The third-order valence-electron chi connectivity index (χ3n) is 2.18. The summed E-state index contributed by atoms with van der Waals surface area (Å²) < 4.78 is 37.7. The van der Waals surface area contributed by atoms with Gasteiger partial charge in [0.2, 0.25) is 0 Å². The Kier molecular flexibility index (Phi) is 3.77. The quantitative estimate of drug-likeness (QED) is 0.905. The van der Waals surface area contributed by atoms with Crippen molar-refractivity contribution in [2.24, 2.45) is 0 Å². The van der Waals surface area contributed by atoms with Crippen LogP contribution in [0.5, 0.6) is 0 Å². The Morgan fingerprint density at radius 2 is 2.06 bits per heavy atom. The highest BCUT2D eigenvalue weighted by Crippen LogP contribution is 2.33. The molecule has 1 N–H and O–H groups in total. The Morgan fingerprint density at radius 1 is 1.28 bits per heavy atom. The summed E-state index contributed by atoms with van der Waals surface area (Å²) in [6, 6.07) is 3.39. The second kappa shape index (κ2) is 5.16. The number of halogens is 4. The fourth-order valence-corrected chi connectivity index (χ4v) is 2.14. The molecule has 0 aliphatic heterocycles. The van der Waals surface area contributed by atoms with Crippen LogP contribution in [0.3, 0.4) is 0 Å². The largest absolute Gasteiger partial charge is 0.416 e. The van der Waals surface area contributed by atoms with Crippen LogP contribution in [0.15, 0.2) is 29.9 Å². The average Bonchev–Trinajstić information content (AvgIpc) is 2.77. The van der Waals surface area contributed by atoms with Gasteiger partial charge in [0.05, 0.1) is 17.6 Å². The van der Waals surface area contributed by atoms with E-state index in [4.69, 9.17) is 11.6 Å². The van der Waals surface area contributed by atoms with E-state index in [-0.39, 0.29) is 5.02 Å². The van der Waals surface area contributed by atoms with E-state index in [0.29, 0.717) is 12.2 Å². The van der Waals surface area contributed by atoms with Crippen molar-refractivity contribution in [2.45, 2.75) is 12.7 Å². The summed E-state index contributed by atoms with van der Waals surface area (Å²) in [6.45, 7) is 0.419. The minimum Gasteiger partial charge on any atom is -0.380 e. The van der Waals surface area contributed by atoms with Gasteiger partial charge < -0.3 is 5.32 Å². The van der Waals surface area contributed by atoms with Gasteiger partial charge in [-0.05, 0) is 18.2 Å². The van der Waals surface area contributed by atoms with Crippen LogP contribution in [0.1, 0.15) is 10.4 Å². The minimum atomic E-state index is -4.40. The van der Waals surface area contributed by atoms with Gasteiger partial charge in [0.1, 0.15) is 0 Å². The lowest BCUT2D eigenvalue weighted by molar-refractivity contribution is -0.137. The first-order valence-corrected chi connectivity index (χ1v) is 6.20. The summed E-state index contributed by atoms with van der Waals surface area (Å²) in [7, 11) is 0. The van der Waals surface area contributed by atoms with Crippen LogP contribution in [0.25, 0.3) is 0 Å². The number of alkyl halides is 3. The molecule has 0 saturated carbocycles. The molecule has 1 aromatic carbocycles. The van der Waals surface area contributed by atoms with Crippen molar-refractivity contribution in [3.8, 4) is 0 Å². The average molecular weight is 293 g/mol. The topological polar surface area (TPSA) is 24.9 Å². The highest BCUT2D eigenvalue weighted by molar-refractivity contribution is 7.09. The molecule has 1 aromatic heterocycles. The fourth-order valence-electron chi connectivity index (χ4n) is 1.37. The molecular formula is C11H8ClF3N2S. The summed E-state index contributed by atoms with van der Waals surface area (Å²) in [5.41, 5.74) is 1.24. The maximum Gasteiger partial charge on any atom is 0.416 e. The third-order valence-corrected chi connectivity index (χ3v) is 3.17. The van der Waals surface area contributed by atoms with Crippen LogP contribution in [0.4, 0.5) is 18.9 Å². The number of hydrogen-bond donors (Lipinski definition) is 1. The summed E-state index contributed by atoms with van der Waals surface area (Å²) >= 11 is 7.09. The van der Waals surface area contributed by atoms with Crippen LogP contribution >= 0.6 is 22.9 Å². The predicted octanol–water partition coefficient (Wildman–Crippen LogP) is 4.43. The van der Waals surface area contributed by atoms with Crippen molar-refractivity contribution in [1.29, 1.82) is 0 Å². The van der Waals surface area contributed by atoms with Crippen LogP contribution in [0.2, 0.25) is 5.02 Å². The van der Waals surface area contributed by atoms with Crippen LogP contribution in [-0.4, -0.2) is 4.98 Å². The van der Waals surface area contributed by atoms with Gasteiger partial charge in [-0.1, -0.05) is 11.6 Å². The molecule has 0 bridgehead atoms. The van der Waals surface area contributed by atoms with E-state index in [1.54, 1.807) is 11.7 Å². The van der Waals surface area contributed by atoms with Crippen molar-refractivity contribution in [3.63, 3.8) is 0 Å². The molecular weight excluding hydrogens is 285 g/mol. The molecule has 0 saturated heterocycles. The molecule has 0 amide bonds. The number of hydrogen-bond acceptors (Lipinski definition) is 3. The highest BCUT2D eigenvalue weighted by atomic mass is 35.5. The van der Waals surface area contributed by atoms with E-state index in [1.807, 2.05) is 0 Å². The summed E-state index contributed by atoms with van der Waals surface area (Å²) in [6.07, 6.45) is -2.74. The molecule has 96 valence electrons. The molecule has 7 heteroatoms. The van der Waals surface area contributed by atoms with E-state index in [9.17, 15) is 13.2 Å². The second-order valence-electron chi connectivity index (χ2n) is 3.55. The number of nitrogens with zero attached hydrogens (tertiary/aromatic N) is 1. The van der Waals surface area contributed by atoms with E-state index in [0.717, 1.165) is 17.0 Å². The van der Waals surface area contributed by atoms with Crippen LogP contribution < -0.4 is 5.32 Å². The summed E-state index contributed by atoms with van der Waals surface area (Å²) in [5.74, 6) is 0. The Hall–Kier alpha value is -1.27. The zero-order valence-electron chi connectivity index (χ0n) is 8.96. The molecule has 0 aliphatic rings. The van der Waals surface area contributed by atoms with Gasteiger partial charge in [-0.2, -0.15) is 13.2 Å². The lowest BCUT2D eigenvalue weighted by atomic mass is 10.2. The van der Waals surface area contributed by atoms with E-state index < -0.39 is 11.7 Å². The number of thiazole rings is 1. The number of anilines is 1. The smallest absolute Gasteiger partial charge is 0.380 e. The molecule has 0 spiro atoms. The monoisotopic (exact) mass is 292 g/mol. The minimum absolute atomic E-state index is 0.0524. The van der Waals surface area contributed by atoms with Gasteiger partial charge in [-0.3, -0.25) is 4.98 Å². The molecule has 18 heavy (non-hydrogen) atoms. The van der Waals surface area contributed by atoms with Gasteiger partial charge in [0.25, 0.3) is 0 Å². The maximum atomic E-state index is 12.6. The first kappa shape index (κ1) is 13.2. The van der Waals surface area contributed by atoms with Gasteiger partial charge in [-0.15, -0.1) is 11.3 Å². The van der Waals surface area contributed by atoms with Crippen molar-refractivity contribution in [1.82, 2.24) is 4.98 Å². The standard InChI is InChI=1S/C11H8ClF3N2S/c12-8-1-7(11(13,14)15)2-9(3-8)17-5-10-4-16-6-18-10/h1-4,6,17H,5H2. The second-order valence-corrected chi connectivity index (χ2v) is 4.95. The zero-order valence-corrected chi connectivity index (χ0v) is 10.5. The Morgan fingerprint density at radius 3 is 2.67 bits per heavy atom. The molecule has 1 heterocycles. The van der Waals surface area contributed by atoms with Gasteiger partial charge in [0.15, 0.2) is 0 Å². The van der Waals surface area contributed by atoms with E-state index in [1.165, 1.54) is 17.4 Å². The van der Waals surface area contributed by atoms with Gasteiger partial charge in [0, 0.05) is 21.8 Å². The number of rotatable bonds is 3. The Balaban J connectivity index is 2.15. The molecule has 2 nitrogen and oxygen atoms in total. The Labute approximate surface area is 110 Å². The lowest BCUT2D eigenvalue weighted by Gasteiger charge is -2.11. The lowest BCUT2D eigenvalue weighted by Crippen LogP contribution is -2.06. The molecule has 0 unspecified atom stereocenters. The predicted molar refractivity (Wildman–Crippen MR) is 65.9 cm³/mol. The molecule has 0 aliphatic carbocycles. The van der Waals surface area contributed by atoms with Gasteiger partial charge in [-0.25, -0.2) is 0 Å². The van der Waals surface area contributed by atoms with Crippen molar-refractivity contribution >= 4 is 28.6 Å². The molecule has 2 aromatic rings. The first-order valence-electron chi connectivity index (χ1n) is 4.94. The normalized spacial score (nSPS) is 11.6. The van der Waals surface area contributed by atoms with Crippen molar-refractivity contribution < 1.29 is 13.2 Å². The van der Waals surface area contributed by atoms with Crippen LogP contribution in [-0.2, 0) is 12.7 Å². The molecule has 2 rings (SSSR count). The van der Waals surface area contributed by atoms with Crippen LogP contribution in [0, 0.1) is 0 Å². The molecule has 0 atom stereocenters. The van der Waals surface area contributed by atoms with Crippen molar-refractivity contribution in [2.75, 3.05) is 5.32 Å².